The average molecular weight is 426 g/mol. The van der Waals surface area contributed by atoms with E-state index in [1.54, 1.807) is 6.07 Å². The summed E-state index contributed by atoms with van der Waals surface area (Å²) in [4.78, 5) is 12.3. The molecule has 1 amide bonds. The van der Waals surface area contributed by atoms with Gasteiger partial charge in [0.15, 0.2) is 0 Å². The van der Waals surface area contributed by atoms with Gasteiger partial charge in [-0.3, -0.25) is 4.79 Å². The molecule has 6 rings (SSSR count). The third kappa shape index (κ3) is 3.17. The Balaban J connectivity index is 1.66. The van der Waals surface area contributed by atoms with Gasteiger partial charge in [-0.05, 0) is 57.8 Å². The quantitative estimate of drug-likeness (QED) is 0.341. The van der Waals surface area contributed by atoms with Crippen LogP contribution in [0, 0.1) is 6.07 Å². The molecular weight excluding hydrogens is 404 g/mol. The fraction of sp³-hybridized carbons (Fsp3) is 0.0333. The molecule has 1 radical (unpaired) electrons. The second-order valence-corrected chi connectivity index (χ2v) is 8.30. The summed E-state index contributed by atoms with van der Waals surface area (Å²) in [6, 6.07) is 38.5. The van der Waals surface area contributed by atoms with Crippen LogP contribution in [0.2, 0.25) is 0 Å². The standard InChI is InChI=1S/C30H21N2O/c31-30(33)26-14-7-15-27-29(26)25-17-16-22(20-8-2-1-3-9-20)18-28(25)32(27)19-23-12-6-11-21-10-4-5-13-24(21)23/h1-16,18H,19H2,(H2,31,33). The number of amides is 1. The van der Waals surface area contributed by atoms with Crippen molar-refractivity contribution in [2.75, 3.05) is 0 Å². The van der Waals surface area contributed by atoms with Crippen LogP contribution in [0.5, 0.6) is 0 Å². The number of nitrogens with zero attached hydrogens (tertiary/aromatic N) is 1. The van der Waals surface area contributed by atoms with Crippen LogP contribution in [-0.2, 0) is 6.54 Å². The van der Waals surface area contributed by atoms with Crippen molar-refractivity contribution in [3.05, 3.63) is 120 Å². The summed E-state index contributed by atoms with van der Waals surface area (Å²) in [5.41, 5.74) is 11.8. The van der Waals surface area contributed by atoms with Crippen LogP contribution in [0.15, 0.2) is 103 Å². The molecule has 5 aromatic carbocycles. The maximum absolute atomic E-state index is 12.3. The first-order valence-corrected chi connectivity index (χ1v) is 11.0. The Labute approximate surface area is 191 Å². The van der Waals surface area contributed by atoms with Gasteiger partial charge in [0, 0.05) is 22.9 Å². The van der Waals surface area contributed by atoms with Crippen LogP contribution in [0.3, 0.4) is 0 Å². The number of primary amides is 1. The van der Waals surface area contributed by atoms with Crippen LogP contribution >= 0.6 is 0 Å². The monoisotopic (exact) mass is 425 g/mol. The molecule has 0 bridgehead atoms. The van der Waals surface area contributed by atoms with E-state index in [1.807, 2.05) is 30.3 Å². The van der Waals surface area contributed by atoms with Gasteiger partial charge in [-0.1, -0.05) is 78.9 Å². The second-order valence-electron chi connectivity index (χ2n) is 8.30. The smallest absolute Gasteiger partial charge is 0.249 e. The molecule has 0 aliphatic carbocycles. The topological polar surface area (TPSA) is 48.0 Å². The van der Waals surface area contributed by atoms with Crippen LogP contribution in [-0.4, -0.2) is 10.5 Å². The molecule has 3 nitrogen and oxygen atoms in total. The fourth-order valence-electron chi connectivity index (χ4n) is 4.83. The van der Waals surface area contributed by atoms with Crippen LogP contribution in [0.4, 0.5) is 0 Å². The largest absolute Gasteiger partial charge is 0.366 e. The lowest BCUT2D eigenvalue weighted by molar-refractivity contribution is 0.100. The summed E-state index contributed by atoms with van der Waals surface area (Å²) in [7, 11) is 0. The van der Waals surface area contributed by atoms with Crippen molar-refractivity contribution >= 4 is 38.5 Å². The molecule has 6 aromatic rings. The number of aromatic nitrogens is 1. The first-order chi connectivity index (χ1) is 16.2. The number of hydrogen-bond donors (Lipinski definition) is 1. The molecule has 2 N–H and O–H groups in total. The summed E-state index contributed by atoms with van der Waals surface area (Å²) in [6.07, 6.45) is 0. The van der Waals surface area contributed by atoms with Crippen molar-refractivity contribution < 1.29 is 4.79 Å². The molecule has 0 aliphatic heterocycles. The van der Waals surface area contributed by atoms with Crippen molar-refractivity contribution in [1.82, 2.24) is 4.57 Å². The molecule has 1 heterocycles. The van der Waals surface area contributed by atoms with Crippen molar-refractivity contribution in [3.8, 4) is 11.1 Å². The Bertz CT molecular complexity index is 1660. The SMILES string of the molecule is NC(=O)c1cccc2c1c1[c]cc(-c3ccccc3)cc1n2Cc1cccc2ccccc12. The number of nitrogens with two attached hydrogens (primary N) is 1. The van der Waals surface area contributed by atoms with Crippen molar-refractivity contribution in [3.63, 3.8) is 0 Å². The second kappa shape index (κ2) is 7.64. The Morgan fingerprint density at radius 3 is 2.39 bits per heavy atom. The number of carbonyl (C=O) groups is 1. The van der Waals surface area contributed by atoms with E-state index in [0.717, 1.165) is 32.9 Å². The van der Waals surface area contributed by atoms with E-state index in [1.165, 1.54) is 16.3 Å². The molecule has 0 saturated carbocycles. The third-order valence-electron chi connectivity index (χ3n) is 6.38. The van der Waals surface area contributed by atoms with Gasteiger partial charge in [-0.25, -0.2) is 0 Å². The Morgan fingerprint density at radius 2 is 1.55 bits per heavy atom. The summed E-state index contributed by atoms with van der Waals surface area (Å²) in [6.45, 7) is 0.676. The van der Waals surface area contributed by atoms with Crippen molar-refractivity contribution in [2.24, 2.45) is 5.73 Å². The average Bonchev–Trinajstić information content (AvgIpc) is 3.17. The van der Waals surface area contributed by atoms with E-state index in [0.29, 0.717) is 12.1 Å². The minimum atomic E-state index is -0.426. The lowest BCUT2D eigenvalue weighted by Gasteiger charge is -2.12. The van der Waals surface area contributed by atoms with Gasteiger partial charge < -0.3 is 10.3 Å². The molecule has 0 saturated heterocycles. The molecule has 0 fully saturated rings. The van der Waals surface area contributed by atoms with Crippen LogP contribution in [0.25, 0.3) is 43.7 Å². The van der Waals surface area contributed by atoms with Gasteiger partial charge >= 0.3 is 0 Å². The van der Waals surface area contributed by atoms with Gasteiger partial charge in [-0.2, -0.15) is 0 Å². The van der Waals surface area contributed by atoms with E-state index in [4.69, 9.17) is 5.73 Å². The van der Waals surface area contributed by atoms with Gasteiger partial charge in [-0.15, -0.1) is 0 Å². The maximum atomic E-state index is 12.3. The molecule has 0 unspecified atom stereocenters. The highest BCUT2D eigenvalue weighted by molar-refractivity contribution is 6.18. The van der Waals surface area contributed by atoms with Crippen LogP contribution < -0.4 is 5.73 Å². The Morgan fingerprint density at radius 1 is 0.788 bits per heavy atom. The highest BCUT2D eigenvalue weighted by Crippen LogP contribution is 2.35. The fourth-order valence-corrected chi connectivity index (χ4v) is 4.83. The molecule has 157 valence electrons. The van der Waals surface area contributed by atoms with E-state index in [9.17, 15) is 4.79 Å². The zero-order valence-electron chi connectivity index (χ0n) is 18.0. The molecule has 3 heteroatoms. The Kier molecular flexibility index (Phi) is 4.48. The summed E-state index contributed by atoms with van der Waals surface area (Å²) >= 11 is 0. The lowest BCUT2D eigenvalue weighted by Crippen LogP contribution is -2.11. The third-order valence-corrected chi connectivity index (χ3v) is 6.38. The zero-order valence-corrected chi connectivity index (χ0v) is 18.0. The minimum absolute atomic E-state index is 0.426. The van der Waals surface area contributed by atoms with E-state index >= 15 is 0 Å². The highest BCUT2D eigenvalue weighted by Gasteiger charge is 2.18. The van der Waals surface area contributed by atoms with Crippen molar-refractivity contribution in [2.45, 2.75) is 6.54 Å². The predicted octanol–water partition coefficient (Wildman–Crippen LogP) is 6.56. The molecule has 1 aromatic heterocycles. The van der Waals surface area contributed by atoms with Crippen molar-refractivity contribution in [1.29, 1.82) is 0 Å². The predicted molar refractivity (Wildman–Crippen MR) is 135 cm³/mol. The molecule has 0 spiro atoms. The molecule has 0 atom stereocenters. The highest BCUT2D eigenvalue weighted by atomic mass is 16.1. The molecule has 0 aliphatic rings. The van der Waals surface area contributed by atoms with E-state index in [-0.39, 0.29) is 0 Å². The summed E-state index contributed by atoms with van der Waals surface area (Å²) in [5, 5.41) is 4.22. The minimum Gasteiger partial charge on any atom is -0.366 e. The van der Waals surface area contributed by atoms with Gasteiger partial charge in [0.25, 0.3) is 0 Å². The van der Waals surface area contributed by atoms with E-state index in [2.05, 4.69) is 77.4 Å². The van der Waals surface area contributed by atoms with E-state index < -0.39 is 5.91 Å². The van der Waals surface area contributed by atoms with Gasteiger partial charge in [0.2, 0.25) is 5.91 Å². The normalized spacial score (nSPS) is 11.4. The number of hydrogen-bond acceptors (Lipinski definition) is 1. The number of carbonyl (C=O) groups excluding carboxylic acids is 1. The number of fused-ring (bicyclic) bond motifs is 4. The van der Waals surface area contributed by atoms with Crippen LogP contribution in [0.1, 0.15) is 15.9 Å². The first kappa shape index (κ1) is 19.3. The first-order valence-electron chi connectivity index (χ1n) is 11.0. The number of benzene rings is 5. The Hall–Kier alpha value is -4.37. The summed E-state index contributed by atoms with van der Waals surface area (Å²) < 4.78 is 2.28. The van der Waals surface area contributed by atoms with Gasteiger partial charge in [0.05, 0.1) is 11.0 Å². The zero-order chi connectivity index (χ0) is 22.4. The molecular formula is C30H21N2O. The number of rotatable bonds is 4. The lowest BCUT2D eigenvalue weighted by atomic mass is 10.0. The molecule has 33 heavy (non-hydrogen) atoms. The summed E-state index contributed by atoms with van der Waals surface area (Å²) in [5.74, 6) is -0.426. The maximum Gasteiger partial charge on any atom is 0.249 e. The van der Waals surface area contributed by atoms with Gasteiger partial charge in [0.1, 0.15) is 0 Å².